The van der Waals surface area contributed by atoms with Crippen LogP contribution in [0.2, 0.25) is 5.02 Å². The Labute approximate surface area is 111 Å². The Balaban J connectivity index is 2.27. The van der Waals surface area contributed by atoms with Gasteiger partial charge in [-0.2, -0.15) is 5.10 Å². The van der Waals surface area contributed by atoms with Crippen molar-refractivity contribution in [2.45, 2.75) is 26.7 Å². The van der Waals surface area contributed by atoms with E-state index in [1.54, 1.807) is 24.7 Å². The van der Waals surface area contributed by atoms with Gasteiger partial charge in [0.15, 0.2) is 5.78 Å². The summed E-state index contributed by atoms with van der Waals surface area (Å²) in [5.74, 6) is 0.628. The lowest BCUT2D eigenvalue weighted by atomic mass is 10.1. The van der Waals surface area contributed by atoms with Crippen LogP contribution in [0.15, 0.2) is 16.7 Å². The fourth-order valence-corrected chi connectivity index (χ4v) is 2.29. The number of hydrogen-bond acceptors (Lipinski definition) is 3. The van der Waals surface area contributed by atoms with E-state index in [1.165, 1.54) is 6.26 Å². The summed E-state index contributed by atoms with van der Waals surface area (Å²) in [6.45, 7) is 3.76. The van der Waals surface area contributed by atoms with Gasteiger partial charge < -0.3 is 4.42 Å². The van der Waals surface area contributed by atoms with Gasteiger partial charge >= 0.3 is 0 Å². The van der Waals surface area contributed by atoms with E-state index in [9.17, 15) is 4.79 Å². The van der Waals surface area contributed by atoms with E-state index < -0.39 is 0 Å². The molecule has 0 radical (unpaired) electrons. The van der Waals surface area contributed by atoms with Crippen molar-refractivity contribution in [3.8, 4) is 0 Å². The third kappa shape index (κ3) is 2.20. The molecule has 0 unspecified atom stereocenters. The number of halogens is 1. The van der Waals surface area contributed by atoms with Crippen LogP contribution >= 0.6 is 11.6 Å². The Hall–Kier alpha value is -1.55. The van der Waals surface area contributed by atoms with Crippen molar-refractivity contribution in [3.05, 3.63) is 40.1 Å². The lowest BCUT2D eigenvalue weighted by molar-refractivity contribution is 0.0989. The second kappa shape index (κ2) is 4.98. The maximum atomic E-state index is 12.1. The van der Waals surface area contributed by atoms with Crippen molar-refractivity contribution < 1.29 is 9.21 Å². The summed E-state index contributed by atoms with van der Waals surface area (Å²) in [4.78, 5) is 12.1. The Morgan fingerprint density at radius 1 is 1.56 bits per heavy atom. The zero-order chi connectivity index (χ0) is 13.3. The molecule has 0 saturated heterocycles. The number of carbonyl (C=O) groups excluding carboxylic acids is 1. The largest absolute Gasteiger partial charge is 0.469 e. The van der Waals surface area contributed by atoms with Crippen LogP contribution in [0.4, 0.5) is 0 Å². The molecule has 2 aromatic rings. The SMILES string of the molecule is CCc1nn(C)c(CC(=O)c2ccoc2C)c1Cl. The molecular formula is C13H15ClN2O2. The topological polar surface area (TPSA) is 48.0 Å². The van der Waals surface area contributed by atoms with Crippen LogP contribution in [0.5, 0.6) is 0 Å². The number of furan rings is 1. The number of Topliss-reactive ketones (excluding diaryl/α,β-unsaturated/α-hetero) is 1. The van der Waals surface area contributed by atoms with E-state index >= 15 is 0 Å². The number of hydrogen-bond donors (Lipinski definition) is 0. The summed E-state index contributed by atoms with van der Waals surface area (Å²) in [5, 5.41) is 4.89. The third-order valence-electron chi connectivity index (χ3n) is 2.99. The predicted octanol–water partition coefficient (Wildman–Crippen LogP) is 2.96. The molecule has 0 atom stereocenters. The Morgan fingerprint density at radius 2 is 2.28 bits per heavy atom. The molecule has 4 nitrogen and oxygen atoms in total. The van der Waals surface area contributed by atoms with Crippen molar-refractivity contribution in [2.24, 2.45) is 7.05 Å². The van der Waals surface area contributed by atoms with Crippen molar-refractivity contribution in [2.75, 3.05) is 0 Å². The molecule has 0 bridgehead atoms. The summed E-state index contributed by atoms with van der Waals surface area (Å²) < 4.78 is 6.81. The van der Waals surface area contributed by atoms with E-state index in [1.807, 2.05) is 6.92 Å². The highest BCUT2D eigenvalue weighted by atomic mass is 35.5. The average molecular weight is 267 g/mol. The number of rotatable bonds is 4. The summed E-state index contributed by atoms with van der Waals surface area (Å²) in [6.07, 6.45) is 2.51. The smallest absolute Gasteiger partial charge is 0.172 e. The van der Waals surface area contributed by atoms with Crippen LogP contribution in [0, 0.1) is 6.92 Å². The molecule has 0 aliphatic carbocycles. The van der Waals surface area contributed by atoms with Crippen LogP contribution in [0.3, 0.4) is 0 Å². The van der Waals surface area contributed by atoms with E-state index in [2.05, 4.69) is 5.10 Å². The molecule has 0 aliphatic heterocycles. The first-order chi connectivity index (χ1) is 8.54. The number of aryl methyl sites for hydroxylation is 3. The highest BCUT2D eigenvalue weighted by Crippen LogP contribution is 2.23. The zero-order valence-corrected chi connectivity index (χ0v) is 11.4. The quantitative estimate of drug-likeness (QED) is 0.800. The second-order valence-corrected chi connectivity index (χ2v) is 4.55. The van der Waals surface area contributed by atoms with Crippen molar-refractivity contribution >= 4 is 17.4 Å². The summed E-state index contributed by atoms with van der Waals surface area (Å²) in [7, 11) is 1.80. The molecule has 0 saturated carbocycles. The molecule has 96 valence electrons. The molecule has 5 heteroatoms. The number of carbonyl (C=O) groups is 1. The van der Waals surface area contributed by atoms with Gasteiger partial charge in [0.2, 0.25) is 0 Å². The van der Waals surface area contributed by atoms with Crippen LogP contribution in [-0.4, -0.2) is 15.6 Å². The molecule has 0 spiro atoms. The van der Waals surface area contributed by atoms with Gasteiger partial charge in [0.1, 0.15) is 5.76 Å². The molecule has 0 amide bonds. The molecule has 18 heavy (non-hydrogen) atoms. The van der Waals surface area contributed by atoms with Gasteiger partial charge in [0.25, 0.3) is 0 Å². The number of ketones is 1. The molecular weight excluding hydrogens is 252 g/mol. The molecule has 0 fully saturated rings. The van der Waals surface area contributed by atoms with E-state index in [4.69, 9.17) is 16.0 Å². The van der Waals surface area contributed by atoms with Crippen LogP contribution < -0.4 is 0 Å². The third-order valence-corrected chi connectivity index (χ3v) is 3.43. The second-order valence-electron chi connectivity index (χ2n) is 4.17. The van der Waals surface area contributed by atoms with Gasteiger partial charge in [-0.05, 0) is 19.4 Å². The van der Waals surface area contributed by atoms with Gasteiger partial charge in [0, 0.05) is 7.05 Å². The average Bonchev–Trinajstić information content (AvgIpc) is 2.87. The molecule has 2 aromatic heterocycles. The first kappa shape index (κ1) is 12.9. The fraction of sp³-hybridized carbons (Fsp3) is 0.385. The van der Waals surface area contributed by atoms with E-state index in [0.29, 0.717) is 16.3 Å². The lowest BCUT2D eigenvalue weighted by Gasteiger charge is -2.01. The van der Waals surface area contributed by atoms with Gasteiger partial charge in [-0.25, -0.2) is 0 Å². The van der Waals surface area contributed by atoms with Crippen LogP contribution in [0.25, 0.3) is 0 Å². The molecule has 2 heterocycles. The van der Waals surface area contributed by atoms with E-state index in [0.717, 1.165) is 17.8 Å². The van der Waals surface area contributed by atoms with Crippen molar-refractivity contribution in [3.63, 3.8) is 0 Å². The fourth-order valence-electron chi connectivity index (χ4n) is 1.93. The highest BCUT2D eigenvalue weighted by Gasteiger charge is 2.19. The van der Waals surface area contributed by atoms with Gasteiger partial charge in [-0.15, -0.1) is 0 Å². The minimum absolute atomic E-state index is 0.00574. The highest BCUT2D eigenvalue weighted by molar-refractivity contribution is 6.32. The summed E-state index contributed by atoms with van der Waals surface area (Å²) >= 11 is 6.22. The molecule has 0 N–H and O–H groups in total. The normalized spacial score (nSPS) is 10.9. The monoisotopic (exact) mass is 266 g/mol. The molecule has 2 rings (SSSR count). The van der Waals surface area contributed by atoms with Crippen molar-refractivity contribution in [1.82, 2.24) is 9.78 Å². The number of nitrogens with zero attached hydrogens (tertiary/aromatic N) is 2. The Morgan fingerprint density at radius 3 is 2.78 bits per heavy atom. The maximum absolute atomic E-state index is 12.1. The number of aromatic nitrogens is 2. The zero-order valence-electron chi connectivity index (χ0n) is 10.7. The summed E-state index contributed by atoms with van der Waals surface area (Å²) in [5.41, 5.74) is 2.18. The Kier molecular flexibility index (Phi) is 3.57. The lowest BCUT2D eigenvalue weighted by Crippen LogP contribution is -2.08. The van der Waals surface area contributed by atoms with Crippen molar-refractivity contribution in [1.29, 1.82) is 0 Å². The van der Waals surface area contributed by atoms with Gasteiger partial charge in [-0.3, -0.25) is 9.48 Å². The standard InChI is InChI=1S/C13H15ClN2O2/c1-4-10-13(14)11(16(3)15-10)7-12(17)9-5-6-18-8(9)2/h5-6H,4,7H2,1-3H3. The predicted molar refractivity (Wildman–Crippen MR) is 69.1 cm³/mol. The minimum Gasteiger partial charge on any atom is -0.469 e. The maximum Gasteiger partial charge on any atom is 0.172 e. The molecule has 0 aliphatic rings. The molecule has 0 aromatic carbocycles. The van der Waals surface area contributed by atoms with E-state index in [-0.39, 0.29) is 12.2 Å². The van der Waals surface area contributed by atoms with Crippen LogP contribution in [0.1, 0.15) is 34.4 Å². The summed E-state index contributed by atoms with van der Waals surface area (Å²) in [6, 6.07) is 1.68. The van der Waals surface area contributed by atoms with Crippen LogP contribution in [-0.2, 0) is 19.9 Å². The van der Waals surface area contributed by atoms with Gasteiger partial charge in [0.05, 0.1) is 34.7 Å². The minimum atomic E-state index is -0.00574. The Bertz CT molecular complexity index is 584. The first-order valence-electron chi connectivity index (χ1n) is 5.82. The van der Waals surface area contributed by atoms with Gasteiger partial charge in [-0.1, -0.05) is 18.5 Å². The first-order valence-corrected chi connectivity index (χ1v) is 6.20.